The van der Waals surface area contributed by atoms with Crippen LogP contribution in [0.4, 0.5) is 0 Å². The van der Waals surface area contributed by atoms with Crippen LogP contribution >= 0.6 is 0 Å². The topological polar surface area (TPSA) is 29.1 Å². The molecular formula is C13H23NO. The molecule has 86 valence electrons. The minimum atomic E-state index is 0.0317. The third-order valence-corrected chi connectivity index (χ3v) is 2.59. The van der Waals surface area contributed by atoms with Crippen molar-refractivity contribution >= 4 is 5.91 Å². The minimum absolute atomic E-state index is 0.0317. The van der Waals surface area contributed by atoms with Gasteiger partial charge in [-0.2, -0.15) is 0 Å². The summed E-state index contributed by atoms with van der Waals surface area (Å²) >= 11 is 0. The fourth-order valence-corrected chi connectivity index (χ4v) is 1.50. The van der Waals surface area contributed by atoms with E-state index in [2.05, 4.69) is 37.4 Å². The Morgan fingerprint density at radius 1 is 1.40 bits per heavy atom. The molecule has 0 aliphatic heterocycles. The van der Waals surface area contributed by atoms with E-state index in [9.17, 15) is 4.79 Å². The second kappa shape index (κ2) is 7.27. The first-order valence-corrected chi connectivity index (χ1v) is 5.62. The predicted octanol–water partition coefficient (Wildman–Crippen LogP) is 3.06. The fourth-order valence-electron chi connectivity index (χ4n) is 1.50. The Kier molecular flexibility index (Phi) is 6.76. The van der Waals surface area contributed by atoms with Crippen LogP contribution in [-0.4, -0.2) is 11.9 Å². The van der Waals surface area contributed by atoms with E-state index >= 15 is 0 Å². The van der Waals surface area contributed by atoms with Crippen molar-refractivity contribution in [3.8, 4) is 0 Å². The number of hydrogen-bond acceptors (Lipinski definition) is 1. The van der Waals surface area contributed by atoms with Gasteiger partial charge in [0, 0.05) is 18.9 Å². The lowest BCUT2D eigenvalue weighted by Crippen LogP contribution is -2.36. The third kappa shape index (κ3) is 5.40. The van der Waals surface area contributed by atoms with Crippen molar-refractivity contribution in [2.45, 2.75) is 47.1 Å². The first-order chi connectivity index (χ1) is 7.02. The van der Waals surface area contributed by atoms with Gasteiger partial charge in [0.05, 0.1) is 0 Å². The summed E-state index contributed by atoms with van der Waals surface area (Å²) in [6.45, 7) is 9.88. The molecule has 0 aromatic rings. The predicted molar refractivity (Wildman–Crippen MR) is 65.6 cm³/mol. The van der Waals surface area contributed by atoms with Gasteiger partial charge in [-0.15, -0.1) is 0 Å². The molecule has 0 aromatic heterocycles. The van der Waals surface area contributed by atoms with Gasteiger partial charge in [-0.05, 0) is 25.8 Å². The molecule has 0 heterocycles. The summed E-state index contributed by atoms with van der Waals surface area (Å²) in [6.07, 6.45) is 7.43. The Bertz CT molecular complexity index is 253. The summed E-state index contributed by atoms with van der Waals surface area (Å²) in [4.78, 5) is 10.9. The molecule has 0 bridgehead atoms. The molecule has 2 atom stereocenters. The molecule has 0 unspecified atom stereocenters. The highest BCUT2D eigenvalue weighted by Gasteiger charge is 2.14. The Morgan fingerprint density at radius 2 is 2.00 bits per heavy atom. The molecule has 0 aliphatic carbocycles. The van der Waals surface area contributed by atoms with Crippen LogP contribution in [0.3, 0.4) is 0 Å². The number of carbonyl (C=O) groups is 1. The van der Waals surface area contributed by atoms with Gasteiger partial charge >= 0.3 is 0 Å². The Morgan fingerprint density at radius 3 is 2.40 bits per heavy atom. The van der Waals surface area contributed by atoms with Crippen molar-refractivity contribution in [2.75, 3.05) is 0 Å². The molecule has 2 nitrogen and oxygen atoms in total. The molecule has 0 aliphatic rings. The zero-order valence-corrected chi connectivity index (χ0v) is 10.5. The number of rotatable bonds is 5. The van der Waals surface area contributed by atoms with Crippen LogP contribution in [0.1, 0.15) is 41.0 Å². The van der Waals surface area contributed by atoms with E-state index in [4.69, 9.17) is 0 Å². The normalized spacial score (nSPS) is 16.5. The van der Waals surface area contributed by atoms with Gasteiger partial charge < -0.3 is 5.32 Å². The molecule has 1 N–H and O–H groups in total. The highest BCUT2D eigenvalue weighted by molar-refractivity contribution is 5.73. The number of amides is 1. The van der Waals surface area contributed by atoms with Gasteiger partial charge in [0.15, 0.2) is 0 Å². The molecule has 0 fully saturated rings. The number of allylic oxidation sites excluding steroid dienone is 3. The molecule has 1 amide bonds. The van der Waals surface area contributed by atoms with Crippen LogP contribution in [0.15, 0.2) is 23.8 Å². The van der Waals surface area contributed by atoms with Gasteiger partial charge in [-0.1, -0.05) is 32.1 Å². The second-order valence-corrected chi connectivity index (χ2v) is 3.88. The molecule has 0 spiro atoms. The summed E-state index contributed by atoms with van der Waals surface area (Å²) in [6, 6.07) is 0.176. The largest absolute Gasteiger partial charge is 0.353 e. The molecule has 15 heavy (non-hydrogen) atoms. The van der Waals surface area contributed by atoms with Gasteiger partial charge in [0.2, 0.25) is 5.91 Å². The monoisotopic (exact) mass is 209 g/mol. The molecule has 2 heteroatoms. The molecular weight excluding hydrogens is 186 g/mol. The van der Waals surface area contributed by atoms with Crippen LogP contribution in [0, 0.1) is 5.92 Å². The average Bonchev–Trinajstić information content (AvgIpc) is 2.17. The number of hydrogen-bond donors (Lipinski definition) is 1. The van der Waals surface area contributed by atoms with Gasteiger partial charge in [0.25, 0.3) is 0 Å². The standard InChI is InChI=1S/C13H23NO/c1-6-8-9-13(7-2)10(3)11(4)14-12(5)15/h7-11H,6H2,1-5H3,(H,14,15)/b9-8-,13-7+/t10-,11-/m0/s1. The smallest absolute Gasteiger partial charge is 0.217 e. The van der Waals surface area contributed by atoms with Crippen molar-refractivity contribution in [1.29, 1.82) is 0 Å². The Hall–Kier alpha value is -1.05. The van der Waals surface area contributed by atoms with Crippen molar-refractivity contribution in [2.24, 2.45) is 5.92 Å². The summed E-state index contributed by atoms with van der Waals surface area (Å²) < 4.78 is 0. The van der Waals surface area contributed by atoms with Crippen LogP contribution in [0.2, 0.25) is 0 Å². The zero-order valence-electron chi connectivity index (χ0n) is 10.5. The maximum atomic E-state index is 10.9. The van der Waals surface area contributed by atoms with E-state index in [1.54, 1.807) is 6.92 Å². The molecule has 0 radical (unpaired) electrons. The van der Waals surface area contributed by atoms with E-state index in [1.165, 1.54) is 5.57 Å². The second-order valence-electron chi connectivity index (χ2n) is 3.88. The van der Waals surface area contributed by atoms with Crippen molar-refractivity contribution in [3.63, 3.8) is 0 Å². The summed E-state index contributed by atoms with van der Waals surface area (Å²) in [5.74, 6) is 0.381. The quantitative estimate of drug-likeness (QED) is 0.693. The lowest BCUT2D eigenvalue weighted by atomic mass is 9.93. The summed E-state index contributed by atoms with van der Waals surface area (Å²) in [5, 5.41) is 2.92. The average molecular weight is 209 g/mol. The maximum absolute atomic E-state index is 10.9. The van der Waals surface area contributed by atoms with E-state index in [0.29, 0.717) is 5.92 Å². The minimum Gasteiger partial charge on any atom is -0.353 e. The van der Waals surface area contributed by atoms with Gasteiger partial charge in [-0.3, -0.25) is 4.79 Å². The molecule has 0 aromatic carbocycles. The Labute approximate surface area is 93.5 Å². The van der Waals surface area contributed by atoms with Crippen molar-refractivity contribution in [3.05, 3.63) is 23.8 Å². The lowest BCUT2D eigenvalue weighted by Gasteiger charge is -2.21. The van der Waals surface area contributed by atoms with Gasteiger partial charge in [0.1, 0.15) is 0 Å². The zero-order chi connectivity index (χ0) is 11.8. The summed E-state index contributed by atoms with van der Waals surface area (Å²) in [7, 11) is 0. The van der Waals surface area contributed by atoms with Crippen LogP contribution in [0.5, 0.6) is 0 Å². The first-order valence-electron chi connectivity index (χ1n) is 5.62. The SMILES string of the molecule is C/C=C(\C=C/CC)[C@@H](C)[C@H](C)NC(C)=O. The lowest BCUT2D eigenvalue weighted by molar-refractivity contribution is -0.119. The fraction of sp³-hybridized carbons (Fsp3) is 0.615. The number of nitrogens with one attached hydrogen (secondary N) is 1. The van der Waals surface area contributed by atoms with Crippen molar-refractivity contribution in [1.82, 2.24) is 5.32 Å². The molecule has 0 rings (SSSR count). The molecule has 0 saturated heterocycles. The third-order valence-electron chi connectivity index (χ3n) is 2.59. The highest BCUT2D eigenvalue weighted by atomic mass is 16.1. The van der Waals surface area contributed by atoms with Crippen molar-refractivity contribution < 1.29 is 4.79 Å². The van der Waals surface area contributed by atoms with Crippen LogP contribution in [0.25, 0.3) is 0 Å². The molecule has 0 saturated carbocycles. The van der Waals surface area contributed by atoms with E-state index in [1.807, 2.05) is 13.8 Å². The Balaban J connectivity index is 4.44. The highest BCUT2D eigenvalue weighted by Crippen LogP contribution is 2.16. The maximum Gasteiger partial charge on any atom is 0.217 e. The number of carbonyl (C=O) groups excluding carboxylic acids is 1. The van der Waals surface area contributed by atoms with Crippen LogP contribution < -0.4 is 5.32 Å². The first kappa shape index (κ1) is 13.9. The van der Waals surface area contributed by atoms with E-state index < -0.39 is 0 Å². The van der Waals surface area contributed by atoms with E-state index in [0.717, 1.165) is 6.42 Å². The summed E-state index contributed by atoms with van der Waals surface area (Å²) in [5.41, 5.74) is 1.28. The van der Waals surface area contributed by atoms with Crippen LogP contribution in [-0.2, 0) is 4.79 Å². The van der Waals surface area contributed by atoms with Gasteiger partial charge in [-0.25, -0.2) is 0 Å². The van der Waals surface area contributed by atoms with E-state index in [-0.39, 0.29) is 11.9 Å².